The summed E-state index contributed by atoms with van der Waals surface area (Å²) in [6, 6.07) is -0.867. The first-order valence-corrected chi connectivity index (χ1v) is 31.9. The number of allylic oxidation sites excluding steroid dienone is 13. The molecular weight excluding hydrogens is 940 g/mol. The molecule has 1 amide bonds. The number of phosphoric acid groups is 1. The molecular formula is C64H116N2O7P+. The average molecular weight is 1060 g/mol. The minimum Gasteiger partial charge on any atom is -0.456 e. The van der Waals surface area contributed by atoms with Crippen molar-refractivity contribution in [2.75, 3.05) is 40.9 Å². The summed E-state index contributed by atoms with van der Waals surface area (Å²) in [4.78, 5) is 37.6. The highest BCUT2D eigenvalue weighted by molar-refractivity contribution is 7.47. The topological polar surface area (TPSA) is 111 Å². The van der Waals surface area contributed by atoms with Crippen LogP contribution in [0.15, 0.2) is 85.1 Å². The van der Waals surface area contributed by atoms with Crippen LogP contribution in [0.3, 0.4) is 0 Å². The van der Waals surface area contributed by atoms with Gasteiger partial charge >= 0.3 is 13.8 Å². The number of likely N-dealkylation sites (N-methyl/N-ethyl adjacent to an activating group) is 1. The summed E-state index contributed by atoms with van der Waals surface area (Å²) >= 11 is 0. The van der Waals surface area contributed by atoms with Gasteiger partial charge in [0.05, 0.1) is 33.8 Å². The molecule has 0 aliphatic heterocycles. The normalized spacial score (nSPS) is 14.3. The predicted octanol–water partition coefficient (Wildman–Crippen LogP) is 18.6. The fraction of sp³-hybridized carbons (Fsp3) is 0.750. The van der Waals surface area contributed by atoms with Crippen LogP contribution in [-0.2, 0) is 27.9 Å². The number of rotatable bonds is 54. The molecule has 3 unspecified atom stereocenters. The van der Waals surface area contributed by atoms with E-state index < -0.39 is 20.0 Å². The number of nitrogens with one attached hydrogen (secondary N) is 1. The maximum atomic E-state index is 13.5. The Kier molecular flexibility index (Phi) is 51.5. The van der Waals surface area contributed by atoms with E-state index >= 15 is 0 Å². The Morgan fingerprint density at radius 3 is 1.31 bits per heavy atom. The van der Waals surface area contributed by atoms with Gasteiger partial charge in [0.15, 0.2) is 0 Å². The number of hydrogen-bond donors (Lipinski definition) is 2. The third kappa shape index (κ3) is 54.0. The second-order valence-electron chi connectivity index (χ2n) is 21.5. The number of amides is 1. The SMILES string of the molecule is CC/C=C\C/C=C\C/C=C\C/C=C\C/C=C\C/C=C\CCCCC(=O)OC(/C=C/CCCCCCCCCCCC)C(COP(=O)(O)OCC[N+](C)(C)C)NC(=O)CCCCCCCCCCCCCCCCC. The van der Waals surface area contributed by atoms with Crippen molar-refractivity contribution in [3.05, 3.63) is 85.1 Å². The molecule has 9 nitrogen and oxygen atoms in total. The second kappa shape index (κ2) is 53.6. The van der Waals surface area contributed by atoms with Crippen molar-refractivity contribution in [3.63, 3.8) is 0 Å². The molecule has 0 bridgehead atoms. The van der Waals surface area contributed by atoms with E-state index in [1.54, 1.807) is 0 Å². The van der Waals surface area contributed by atoms with Crippen LogP contribution in [0.5, 0.6) is 0 Å². The monoisotopic (exact) mass is 1060 g/mol. The molecule has 0 radical (unpaired) electrons. The van der Waals surface area contributed by atoms with E-state index in [1.165, 1.54) is 128 Å². The Labute approximate surface area is 456 Å². The van der Waals surface area contributed by atoms with Gasteiger partial charge in [0.2, 0.25) is 5.91 Å². The largest absolute Gasteiger partial charge is 0.472 e. The molecule has 0 saturated carbocycles. The predicted molar refractivity (Wildman–Crippen MR) is 318 cm³/mol. The summed E-state index contributed by atoms with van der Waals surface area (Å²) in [6.07, 6.45) is 70.1. The van der Waals surface area contributed by atoms with Gasteiger partial charge in [-0.05, 0) is 83.1 Å². The number of quaternary nitrogens is 1. The summed E-state index contributed by atoms with van der Waals surface area (Å²) in [7, 11) is 1.47. The highest BCUT2D eigenvalue weighted by Gasteiger charge is 2.30. The van der Waals surface area contributed by atoms with E-state index in [0.29, 0.717) is 23.9 Å². The van der Waals surface area contributed by atoms with E-state index in [-0.39, 0.29) is 31.5 Å². The van der Waals surface area contributed by atoms with Gasteiger partial charge < -0.3 is 19.4 Å². The summed E-state index contributed by atoms with van der Waals surface area (Å²) < 4.78 is 30.6. The number of ether oxygens (including phenoxy) is 1. The van der Waals surface area contributed by atoms with Crippen molar-refractivity contribution < 1.29 is 37.3 Å². The van der Waals surface area contributed by atoms with Crippen LogP contribution < -0.4 is 5.32 Å². The first kappa shape index (κ1) is 71.2. The summed E-state index contributed by atoms with van der Waals surface area (Å²) in [5, 5.41) is 3.04. The van der Waals surface area contributed by atoms with Crippen molar-refractivity contribution in [2.24, 2.45) is 0 Å². The van der Waals surface area contributed by atoms with Gasteiger partial charge in [0.1, 0.15) is 19.3 Å². The zero-order chi connectivity index (χ0) is 54.3. The van der Waals surface area contributed by atoms with Crippen molar-refractivity contribution in [1.82, 2.24) is 5.32 Å². The quantitative estimate of drug-likeness (QED) is 0.0205. The molecule has 0 aromatic rings. The third-order valence-corrected chi connectivity index (χ3v) is 14.1. The van der Waals surface area contributed by atoms with Crippen molar-refractivity contribution in [3.8, 4) is 0 Å². The average Bonchev–Trinajstić information content (AvgIpc) is 3.36. The molecule has 0 aliphatic rings. The molecule has 2 N–H and O–H groups in total. The molecule has 0 saturated heterocycles. The van der Waals surface area contributed by atoms with Gasteiger partial charge in [0.25, 0.3) is 0 Å². The molecule has 0 spiro atoms. The van der Waals surface area contributed by atoms with Crippen molar-refractivity contribution in [1.29, 1.82) is 0 Å². The molecule has 0 fully saturated rings. The second-order valence-corrected chi connectivity index (χ2v) is 23.0. The molecule has 0 rings (SSSR count). The maximum Gasteiger partial charge on any atom is 0.472 e. The number of carbonyl (C=O) groups is 2. The molecule has 428 valence electrons. The Balaban J connectivity index is 5.36. The summed E-state index contributed by atoms with van der Waals surface area (Å²) in [5.74, 6) is -0.554. The number of phosphoric ester groups is 1. The molecule has 0 aromatic heterocycles. The third-order valence-electron chi connectivity index (χ3n) is 13.1. The van der Waals surface area contributed by atoms with E-state index in [2.05, 4.69) is 99.0 Å². The zero-order valence-corrected chi connectivity index (χ0v) is 49.7. The van der Waals surface area contributed by atoms with Crippen molar-refractivity contribution in [2.45, 2.75) is 270 Å². The van der Waals surface area contributed by atoms with Crippen LogP contribution in [0.4, 0.5) is 0 Å². The zero-order valence-electron chi connectivity index (χ0n) is 48.8. The van der Waals surface area contributed by atoms with E-state index in [4.69, 9.17) is 13.8 Å². The summed E-state index contributed by atoms with van der Waals surface area (Å²) in [5.41, 5.74) is 0. The van der Waals surface area contributed by atoms with Gasteiger partial charge in [-0.15, -0.1) is 0 Å². The van der Waals surface area contributed by atoms with Gasteiger partial charge in [-0.1, -0.05) is 247 Å². The molecule has 0 heterocycles. The lowest BCUT2D eigenvalue weighted by atomic mass is 10.0. The Bertz CT molecular complexity index is 1540. The first-order chi connectivity index (χ1) is 35.9. The maximum absolute atomic E-state index is 13.5. The molecule has 74 heavy (non-hydrogen) atoms. The molecule has 0 aromatic carbocycles. The number of nitrogens with zero attached hydrogens (tertiary/aromatic N) is 1. The smallest absolute Gasteiger partial charge is 0.456 e. The Morgan fingerprint density at radius 1 is 0.486 bits per heavy atom. The van der Waals surface area contributed by atoms with E-state index in [0.717, 1.165) is 89.9 Å². The van der Waals surface area contributed by atoms with Crippen LogP contribution in [-0.4, -0.2) is 74.3 Å². The van der Waals surface area contributed by atoms with Crippen molar-refractivity contribution >= 4 is 19.7 Å². The lowest BCUT2D eigenvalue weighted by Gasteiger charge is -2.27. The Hall–Kier alpha value is -2.81. The van der Waals surface area contributed by atoms with Gasteiger partial charge in [-0.2, -0.15) is 0 Å². The number of esters is 1. The molecule has 0 aliphatic carbocycles. The van der Waals surface area contributed by atoms with Gasteiger partial charge in [-0.25, -0.2) is 4.57 Å². The van der Waals surface area contributed by atoms with Crippen LogP contribution in [0, 0.1) is 0 Å². The minimum atomic E-state index is -4.46. The van der Waals surface area contributed by atoms with Gasteiger partial charge in [0, 0.05) is 12.8 Å². The molecule has 10 heteroatoms. The summed E-state index contributed by atoms with van der Waals surface area (Å²) in [6.45, 7) is 6.87. The minimum absolute atomic E-state index is 0.0310. The first-order valence-electron chi connectivity index (χ1n) is 30.4. The van der Waals surface area contributed by atoms with Crippen LogP contribution in [0.25, 0.3) is 0 Å². The highest BCUT2D eigenvalue weighted by Crippen LogP contribution is 2.43. The van der Waals surface area contributed by atoms with Crippen LogP contribution >= 0.6 is 7.82 Å². The number of unbranched alkanes of at least 4 members (excludes halogenated alkanes) is 26. The lowest BCUT2D eigenvalue weighted by Crippen LogP contribution is -2.47. The van der Waals surface area contributed by atoms with Crippen LogP contribution in [0.1, 0.15) is 258 Å². The number of carbonyl (C=O) groups excluding carboxylic acids is 2. The molecule has 3 atom stereocenters. The van der Waals surface area contributed by atoms with Gasteiger partial charge in [-0.3, -0.25) is 18.6 Å². The highest BCUT2D eigenvalue weighted by atomic mass is 31.2. The van der Waals surface area contributed by atoms with E-state index in [1.807, 2.05) is 33.3 Å². The lowest BCUT2D eigenvalue weighted by molar-refractivity contribution is -0.870. The fourth-order valence-corrected chi connectivity index (χ4v) is 9.15. The van der Waals surface area contributed by atoms with Crippen LogP contribution in [0.2, 0.25) is 0 Å². The Morgan fingerprint density at radius 2 is 0.865 bits per heavy atom. The standard InChI is InChI=1S/C64H115N2O7P/c1-7-10-13-16-19-22-25-28-30-31-32-33-34-35-37-39-42-45-48-51-54-57-64(68)73-62(55-52-49-46-43-40-27-24-21-18-15-12-9-3)61(60-72-74(69,70)71-59-58-66(4,5)6)65-63(67)56-53-50-47-44-41-38-36-29-26-23-20-17-14-11-8-2/h10,13,19,22,28,30,32-33,35,37,42,45,52,55,61-62H,7-9,11-12,14-18,20-21,23-27,29,31,34,36,38-41,43-44,46-51,53-54,56-60H2,1-6H3,(H-,65,67,69,70)/p+1/b13-10-,22-19-,30-28-,33-32-,37-35-,45-42-,55-52+. The van der Waals surface area contributed by atoms with E-state index in [9.17, 15) is 19.0 Å². The fourth-order valence-electron chi connectivity index (χ4n) is 8.41. The number of hydrogen-bond acceptors (Lipinski definition) is 6.